The van der Waals surface area contributed by atoms with Gasteiger partial charge in [-0.1, -0.05) is 13.3 Å². The first kappa shape index (κ1) is 25.4. The molecule has 1 saturated heterocycles. The molecule has 0 spiro atoms. The van der Waals surface area contributed by atoms with Crippen LogP contribution >= 0.6 is 0 Å². The molecule has 0 bridgehead atoms. The molecule has 158 valence electrons. The van der Waals surface area contributed by atoms with Gasteiger partial charge in [-0.15, -0.1) is 0 Å². The Labute approximate surface area is 149 Å². The molecule has 1 aliphatic rings. The average Bonchev–Trinajstić information content (AvgIpc) is 2.46. The van der Waals surface area contributed by atoms with Crippen LogP contribution in [-0.4, -0.2) is 47.5 Å². The lowest BCUT2D eigenvalue weighted by Gasteiger charge is -2.23. The van der Waals surface area contributed by atoms with E-state index < -0.39 is 31.1 Å². The van der Waals surface area contributed by atoms with Gasteiger partial charge in [0.15, 0.2) is 20.0 Å². The van der Waals surface area contributed by atoms with Crippen molar-refractivity contribution in [3.05, 3.63) is 4.13 Å². The van der Waals surface area contributed by atoms with Crippen LogP contribution in [0.4, 0.5) is 26.3 Å². The Hall–Kier alpha value is -0.600. The Kier molecular flexibility index (Phi) is 9.85. The van der Waals surface area contributed by atoms with Gasteiger partial charge in [-0.2, -0.15) is 26.3 Å². The molecule has 26 heavy (non-hydrogen) atoms. The summed E-state index contributed by atoms with van der Waals surface area (Å²) >= 11 is 0. The molecule has 0 aromatic heterocycles. The Bertz CT molecular complexity index is 569. The Balaban J connectivity index is 0.000000502. The predicted molar refractivity (Wildman–Crippen MR) is 82.2 cm³/mol. The fraction of sp³-hybridized carbons (Fsp3) is 1.00. The third kappa shape index (κ3) is 8.86. The van der Waals surface area contributed by atoms with Crippen LogP contribution in [0.5, 0.6) is 0 Å². The lowest BCUT2D eigenvalue weighted by Crippen LogP contribution is -3.12. The molecule has 1 aliphatic heterocycles. The van der Waals surface area contributed by atoms with Crippen molar-refractivity contribution in [1.29, 1.82) is 0 Å². The van der Waals surface area contributed by atoms with Crippen molar-refractivity contribution in [2.45, 2.75) is 56.5 Å². The van der Waals surface area contributed by atoms with Crippen LogP contribution in [0, 0.1) is 0 Å². The van der Waals surface area contributed by atoms with E-state index in [-0.39, 0.29) is 0 Å². The first-order valence-electron chi connectivity index (χ1n) is 7.84. The van der Waals surface area contributed by atoms with E-state index in [9.17, 15) is 43.2 Å². The molecule has 0 aromatic rings. The zero-order valence-corrected chi connectivity index (χ0v) is 15.7. The number of hydrogen-bond donors (Lipinski definition) is 1. The van der Waals surface area contributed by atoms with Crippen LogP contribution in [0.3, 0.4) is 0 Å². The van der Waals surface area contributed by atoms with Crippen LogP contribution in [0.2, 0.25) is 0 Å². The summed E-state index contributed by atoms with van der Waals surface area (Å²) in [5, 5.41) is 0. The highest BCUT2D eigenvalue weighted by Gasteiger charge is 2.46. The van der Waals surface area contributed by atoms with Gasteiger partial charge in [-0.3, -0.25) is 0 Å². The van der Waals surface area contributed by atoms with Crippen molar-refractivity contribution in [2.24, 2.45) is 0 Å². The van der Waals surface area contributed by atoms with Gasteiger partial charge in [0.2, 0.25) is 0 Å². The maximum atomic E-state index is 11.4. The molecule has 0 saturated carbocycles. The lowest BCUT2D eigenvalue weighted by atomic mass is 10.1. The second kappa shape index (κ2) is 10.1. The molecule has 0 amide bonds. The summed E-state index contributed by atoms with van der Waals surface area (Å²) in [6.45, 7) is 6.62. The first-order valence-corrected chi connectivity index (χ1v) is 10.7. The quantitative estimate of drug-likeness (QED) is 0.511. The van der Waals surface area contributed by atoms with Crippen molar-refractivity contribution in [3.63, 3.8) is 0 Å². The summed E-state index contributed by atoms with van der Waals surface area (Å²) in [5.74, 6) is 0. The van der Waals surface area contributed by atoms with Crippen LogP contribution in [0.15, 0.2) is 0 Å². The van der Waals surface area contributed by atoms with E-state index in [1.165, 1.54) is 58.2 Å². The van der Waals surface area contributed by atoms with Crippen molar-refractivity contribution >= 4 is 20.0 Å². The summed E-state index contributed by atoms with van der Waals surface area (Å²) in [6, 6.07) is 0. The zero-order chi connectivity index (χ0) is 20.6. The van der Waals surface area contributed by atoms with E-state index in [2.05, 4.69) is 6.92 Å². The van der Waals surface area contributed by atoms with E-state index in [0.717, 1.165) is 4.13 Å². The van der Waals surface area contributed by atoms with Gasteiger partial charge >= 0.3 is 11.0 Å². The number of likely N-dealkylation sites (tertiary alicyclic amines) is 1. The summed E-state index contributed by atoms with van der Waals surface area (Å²) in [7, 11) is -13.4. The molecular formula is C12H22F6N2O4S2. The molecular weight excluding hydrogens is 414 g/mol. The van der Waals surface area contributed by atoms with Crippen LogP contribution in [0.1, 0.15) is 45.4 Å². The van der Waals surface area contributed by atoms with E-state index in [1.54, 1.807) is 0 Å². The number of halogens is 6. The maximum absolute atomic E-state index is 11.4. The smallest absolute Gasteiger partial charge is 0.421 e. The Morgan fingerprint density at radius 1 is 0.808 bits per heavy atom. The van der Waals surface area contributed by atoms with Crippen molar-refractivity contribution in [1.82, 2.24) is 0 Å². The number of nitrogens with zero attached hydrogens (tertiary/aromatic N) is 1. The van der Waals surface area contributed by atoms with E-state index in [1.807, 2.05) is 4.90 Å². The second-order valence-corrected chi connectivity index (χ2v) is 9.11. The fourth-order valence-corrected chi connectivity index (χ4v) is 3.85. The van der Waals surface area contributed by atoms with Gasteiger partial charge in [0.1, 0.15) is 0 Å². The molecule has 0 radical (unpaired) electrons. The Morgan fingerprint density at radius 3 is 1.58 bits per heavy atom. The lowest BCUT2D eigenvalue weighted by molar-refractivity contribution is -0.905. The molecule has 6 nitrogen and oxygen atoms in total. The molecule has 1 fully saturated rings. The minimum atomic E-state index is -6.72. The number of rotatable bonds is 6. The highest BCUT2D eigenvalue weighted by atomic mass is 32.3. The molecule has 0 unspecified atom stereocenters. The topological polar surface area (TPSA) is 86.8 Å². The number of unbranched alkanes of at least 4 members (excludes halogenated alkanes) is 2. The number of sulfonamides is 2. The number of hydrogen-bond acceptors (Lipinski definition) is 4. The SMILES string of the molecule is CCCCC[NH+]1CCCCC1.O=S(=O)([N-]S(=O)(=O)C(F)(F)F)C(F)(F)F. The molecule has 1 heterocycles. The highest BCUT2D eigenvalue weighted by Crippen LogP contribution is 2.36. The molecule has 1 rings (SSSR count). The standard InChI is InChI=1S/C10H21N.C2F6NO4S2/c1-2-3-5-8-11-9-6-4-7-10-11;3-1(4,5)14(10,11)9-15(12,13)2(6,7)8/h2-10H2,1H3;/q;-1/p+1. The normalized spacial score (nSPS) is 17.5. The zero-order valence-electron chi connectivity index (χ0n) is 14.0. The summed E-state index contributed by atoms with van der Waals surface area (Å²) < 4.78 is 109. The van der Waals surface area contributed by atoms with Gasteiger partial charge < -0.3 is 9.03 Å². The predicted octanol–water partition coefficient (Wildman–Crippen LogP) is 2.30. The van der Waals surface area contributed by atoms with E-state index in [4.69, 9.17) is 0 Å². The van der Waals surface area contributed by atoms with Crippen LogP contribution in [0.25, 0.3) is 4.13 Å². The first-order chi connectivity index (χ1) is 11.6. The van der Waals surface area contributed by atoms with Crippen LogP contribution < -0.4 is 4.90 Å². The van der Waals surface area contributed by atoms with Crippen molar-refractivity contribution in [3.8, 4) is 0 Å². The summed E-state index contributed by atoms with van der Waals surface area (Å²) in [4.78, 5) is 1.87. The monoisotopic (exact) mass is 436 g/mol. The van der Waals surface area contributed by atoms with E-state index in [0.29, 0.717) is 0 Å². The van der Waals surface area contributed by atoms with Gasteiger partial charge in [0.05, 0.1) is 19.6 Å². The average molecular weight is 436 g/mol. The number of nitrogens with one attached hydrogen (secondary N) is 1. The fourth-order valence-electron chi connectivity index (χ4n) is 2.14. The van der Waals surface area contributed by atoms with Crippen LogP contribution in [-0.2, 0) is 20.0 Å². The highest BCUT2D eigenvalue weighted by molar-refractivity contribution is 8.13. The number of alkyl halides is 6. The van der Waals surface area contributed by atoms with Gasteiger partial charge in [-0.05, 0) is 32.1 Å². The molecule has 14 heteroatoms. The third-order valence-corrected chi connectivity index (χ3v) is 6.22. The second-order valence-electron chi connectivity index (χ2n) is 5.68. The minimum absolute atomic E-state index is 0.778. The maximum Gasteiger partial charge on any atom is 0.480 e. The molecule has 0 aliphatic carbocycles. The largest absolute Gasteiger partial charge is 0.480 e. The summed E-state index contributed by atoms with van der Waals surface area (Å²) in [5.41, 5.74) is -12.4. The van der Waals surface area contributed by atoms with Gasteiger partial charge in [0.25, 0.3) is 0 Å². The van der Waals surface area contributed by atoms with Crippen molar-refractivity contribution in [2.75, 3.05) is 19.6 Å². The minimum Gasteiger partial charge on any atom is -0.421 e. The van der Waals surface area contributed by atoms with E-state index >= 15 is 0 Å². The number of piperidine rings is 1. The Morgan fingerprint density at radius 2 is 1.23 bits per heavy atom. The van der Waals surface area contributed by atoms with Crippen molar-refractivity contribution < 1.29 is 48.1 Å². The molecule has 0 atom stereocenters. The van der Waals surface area contributed by atoms with Gasteiger partial charge in [-0.25, -0.2) is 16.8 Å². The molecule has 0 aromatic carbocycles. The number of quaternary nitrogens is 1. The third-order valence-electron chi connectivity index (χ3n) is 3.48. The molecule has 1 N–H and O–H groups in total. The summed E-state index contributed by atoms with van der Waals surface area (Å²) in [6.07, 6.45) is 8.68. The van der Waals surface area contributed by atoms with Gasteiger partial charge in [0, 0.05) is 0 Å².